The summed E-state index contributed by atoms with van der Waals surface area (Å²) in [6, 6.07) is -0.336. The van der Waals surface area contributed by atoms with Crippen LogP contribution in [0.15, 0.2) is 0 Å². The van der Waals surface area contributed by atoms with Gasteiger partial charge in [-0.25, -0.2) is 0 Å². The van der Waals surface area contributed by atoms with Crippen molar-refractivity contribution < 1.29 is 14.6 Å². The van der Waals surface area contributed by atoms with Gasteiger partial charge in [0.05, 0.1) is 0 Å². The molecule has 2 atom stereocenters. The van der Waals surface area contributed by atoms with E-state index < -0.39 is 5.97 Å². The van der Waals surface area contributed by atoms with Crippen molar-refractivity contribution in [2.45, 2.75) is 38.1 Å². The lowest BCUT2D eigenvalue weighted by Crippen LogP contribution is -2.35. The lowest BCUT2D eigenvalue weighted by Gasteiger charge is -2.12. The van der Waals surface area contributed by atoms with Crippen molar-refractivity contribution in [2.75, 3.05) is 20.3 Å². The first kappa shape index (κ1) is 12.5. The van der Waals surface area contributed by atoms with Gasteiger partial charge in [0, 0.05) is 13.7 Å². The number of rotatable bonds is 5. The van der Waals surface area contributed by atoms with E-state index in [1.54, 1.807) is 7.11 Å². The zero-order chi connectivity index (χ0) is 11.1. The molecule has 0 amide bonds. The van der Waals surface area contributed by atoms with Crippen LogP contribution in [-0.4, -0.2) is 37.4 Å². The average Bonchev–Trinajstić information content (AvgIpc) is 2.44. The second kappa shape index (κ2) is 6.80. The number of hydrogen-bond acceptors (Lipinski definition) is 3. The Labute approximate surface area is 91.0 Å². The van der Waals surface area contributed by atoms with E-state index in [4.69, 9.17) is 9.84 Å². The minimum absolute atomic E-state index is 0.336. The molecule has 0 bridgehead atoms. The van der Waals surface area contributed by atoms with Gasteiger partial charge < -0.3 is 15.2 Å². The highest BCUT2D eigenvalue weighted by Gasteiger charge is 2.22. The molecule has 1 saturated heterocycles. The topological polar surface area (TPSA) is 58.6 Å². The van der Waals surface area contributed by atoms with Gasteiger partial charge in [0.15, 0.2) is 0 Å². The van der Waals surface area contributed by atoms with Crippen molar-refractivity contribution in [2.24, 2.45) is 5.92 Å². The second-order valence-corrected chi connectivity index (χ2v) is 4.21. The van der Waals surface area contributed by atoms with Gasteiger partial charge in [0.2, 0.25) is 0 Å². The highest BCUT2D eigenvalue weighted by molar-refractivity contribution is 5.73. The largest absolute Gasteiger partial charge is 0.480 e. The molecule has 0 radical (unpaired) electrons. The molecular formula is C11H21NO3. The summed E-state index contributed by atoms with van der Waals surface area (Å²) in [5.41, 5.74) is 0. The van der Waals surface area contributed by atoms with Crippen molar-refractivity contribution in [3.63, 3.8) is 0 Å². The number of hydrogen-bond donors (Lipinski definition) is 2. The molecule has 1 rings (SSSR count). The predicted octanol–water partition coefficient (Wildman–Crippen LogP) is 1.26. The first-order chi connectivity index (χ1) is 7.24. The molecule has 88 valence electrons. The molecule has 0 saturated carbocycles. The molecule has 0 aliphatic carbocycles. The Bertz CT molecular complexity index is 196. The highest BCUT2D eigenvalue weighted by Crippen LogP contribution is 2.21. The molecular weight excluding hydrogens is 194 g/mol. The van der Waals surface area contributed by atoms with Gasteiger partial charge in [-0.05, 0) is 44.6 Å². The summed E-state index contributed by atoms with van der Waals surface area (Å²) >= 11 is 0. The van der Waals surface area contributed by atoms with Crippen LogP contribution in [0, 0.1) is 5.92 Å². The number of nitrogens with one attached hydrogen (secondary N) is 1. The molecule has 4 nitrogen and oxygen atoms in total. The van der Waals surface area contributed by atoms with Crippen LogP contribution in [0.3, 0.4) is 0 Å². The van der Waals surface area contributed by atoms with E-state index in [0.29, 0.717) is 5.92 Å². The van der Waals surface area contributed by atoms with Gasteiger partial charge in [-0.2, -0.15) is 0 Å². The lowest BCUT2D eigenvalue weighted by atomic mass is 9.94. The smallest absolute Gasteiger partial charge is 0.320 e. The number of carboxylic acid groups (broad SMARTS) is 1. The Morgan fingerprint density at radius 1 is 1.47 bits per heavy atom. The summed E-state index contributed by atoms with van der Waals surface area (Å²) in [6.07, 6.45) is 5.11. The second-order valence-electron chi connectivity index (χ2n) is 4.21. The van der Waals surface area contributed by atoms with Gasteiger partial charge in [-0.15, -0.1) is 0 Å². The molecule has 0 aromatic carbocycles. The Morgan fingerprint density at radius 3 is 2.93 bits per heavy atom. The molecule has 0 aromatic rings. The van der Waals surface area contributed by atoms with Crippen LogP contribution >= 0.6 is 0 Å². The Hall–Kier alpha value is -0.610. The van der Waals surface area contributed by atoms with E-state index in [9.17, 15) is 4.79 Å². The third kappa shape index (κ3) is 4.62. The molecule has 4 heteroatoms. The minimum atomic E-state index is -0.715. The zero-order valence-corrected chi connectivity index (χ0v) is 9.37. The van der Waals surface area contributed by atoms with Crippen LogP contribution < -0.4 is 5.32 Å². The van der Waals surface area contributed by atoms with Crippen molar-refractivity contribution in [3.8, 4) is 0 Å². The summed E-state index contributed by atoms with van der Waals surface area (Å²) in [4.78, 5) is 10.8. The van der Waals surface area contributed by atoms with Gasteiger partial charge in [0.25, 0.3) is 0 Å². The maximum atomic E-state index is 10.8. The fourth-order valence-electron chi connectivity index (χ4n) is 2.13. The summed E-state index contributed by atoms with van der Waals surface area (Å²) in [5, 5.41) is 12.0. The third-order valence-corrected chi connectivity index (χ3v) is 3.07. The van der Waals surface area contributed by atoms with Crippen LogP contribution in [-0.2, 0) is 9.53 Å². The normalized spacial score (nSPS) is 27.3. The van der Waals surface area contributed by atoms with E-state index >= 15 is 0 Å². The molecule has 2 unspecified atom stereocenters. The zero-order valence-electron chi connectivity index (χ0n) is 9.37. The van der Waals surface area contributed by atoms with E-state index in [-0.39, 0.29) is 6.04 Å². The van der Waals surface area contributed by atoms with Crippen LogP contribution in [0.1, 0.15) is 32.1 Å². The monoisotopic (exact) mass is 215 g/mol. The van der Waals surface area contributed by atoms with Crippen LogP contribution in [0.25, 0.3) is 0 Å². The fourth-order valence-corrected chi connectivity index (χ4v) is 2.13. The number of methoxy groups -OCH3 is 1. The maximum absolute atomic E-state index is 10.8. The van der Waals surface area contributed by atoms with E-state index in [1.807, 2.05) is 0 Å². The van der Waals surface area contributed by atoms with Crippen LogP contribution in [0.5, 0.6) is 0 Å². The average molecular weight is 215 g/mol. The lowest BCUT2D eigenvalue weighted by molar-refractivity contribution is -0.139. The Morgan fingerprint density at radius 2 is 2.27 bits per heavy atom. The highest BCUT2D eigenvalue weighted by atomic mass is 16.5. The number of ether oxygens (including phenoxy) is 1. The molecule has 0 spiro atoms. The quantitative estimate of drug-likeness (QED) is 0.678. The SMILES string of the molecule is COCCCC1CCNC(C(=O)O)CC1. The van der Waals surface area contributed by atoms with E-state index in [1.165, 1.54) is 0 Å². The van der Waals surface area contributed by atoms with Crippen LogP contribution in [0.2, 0.25) is 0 Å². The predicted molar refractivity (Wildman–Crippen MR) is 57.9 cm³/mol. The molecule has 0 aromatic heterocycles. The summed E-state index contributed by atoms with van der Waals surface area (Å²) in [7, 11) is 1.72. The molecule has 1 fully saturated rings. The Balaban J connectivity index is 2.23. The Kier molecular flexibility index (Phi) is 5.65. The third-order valence-electron chi connectivity index (χ3n) is 3.07. The van der Waals surface area contributed by atoms with Crippen LogP contribution in [0.4, 0.5) is 0 Å². The first-order valence-corrected chi connectivity index (χ1v) is 5.69. The van der Waals surface area contributed by atoms with Crippen molar-refractivity contribution in [1.29, 1.82) is 0 Å². The van der Waals surface area contributed by atoms with Gasteiger partial charge >= 0.3 is 5.97 Å². The molecule has 1 heterocycles. The molecule has 2 N–H and O–H groups in total. The van der Waals surface area contributed by atoms with E-state index in [0.717, 1.165) is 45.3 Å². The number of carboxylic acids is 1. The number of carbonyl (C=O) groups is 1. The van der Waals surface area contributed by atoms with Crippen molar-refractivity contribution in [1.82, 2.24) is 5.32 Å². The molecule has 1 aliphatic heterocycles. The van der Waals surface area contributed by atoms with E-state index in [2.05, 4.69) is 5.32 Å². The summed E-state index contributed by atoms with van der Waals surface area (Å²) < 4.78 is 5.01. The minimum Gasteiger partial charge on any atom is -0.480 e. The molecule has 1 aliphatic rings. The van der Waals surface area contributed by atoms with Crippen molar-refractivity contribution >= 4 is 5.97 Å². The first-order valence-electron chi connectivity index (χ1n) is 5.69. The fraction of sp³-hybridized carbons (Fsp3) is 0.909. The summed E-state index contributed by atoms with van der Waals surface area (Å²) in [6.45, 7) is 1.64. The maximum Gasteiger partial charge on any atom is 0.320 e. The van der Waals surface area contributed by atoms with Gasteiger partial charge in [-0.1, -0.05) is 0 Å². The standard InChI is InChI=1S/C11H21NO3/c1-15-8-2-3-9-4-5-10(11(13)14)12-7-6-9/h9-10,12H,2-8H2,1H3,(H,13,14). The molecule has 15 heavy (non-hydrogen) atoms. The summed E-state index contributed by atoms with van der Waals surface area (Å²) in [5.74, 6) is -0.0514. The van der Waals surface area contributed by atoms with Gasteiger partial charge in [0.1, 0.15) is 6.04 Å². The van der Waals surface area contributed by atoms with Gasteiger partial charge in [-0.3, -0.25) is 4.79 Å². The van der Waals surface area contributed by atoms with Crippen molar-refractivity contribution in [3.05, 3.63) is 0 Å². The number of aliphatic carboxylic acids is 1.